The van der Waals surface area contributed by atoms with Crippen molar-refractivity contribution >= 4 is 11.8 Å². The van der Waals surface area contributed by atoms with Gasteiger partial charge in [-0.1, -0.05) is 12.1 Å². The number of nitrogens with zero attached hydrogens (tertiary/aromatic N) is 5. The van der Waals surface area contributed by atoms with Crippen LogP contribution in [0.5, 0.6) is 0 Å². The first-order valence-electron chi connectivity index (χ1n) is 7.64. The number of para-hydroxylation sites is 1. The standard InChI is InChI=1S/C15H18N6O2/c22-14-7-3-9-20(14)10-4-8-16-15(23)12-5-1-2-6-13(12)21-11-17-18-19-21/h1-2,5-6,11H,3-4,7-10H2,(H,16,23). The van der Waals surface area contributed by atoms with E-state index in [9.17, 15) is 9.59 Å². The van der Waals surface area contributed by atoms with Crippen molar-refractivity contribution in [2.45, 2.75) is 19.3 Å². The minimum atomic E-state index is -0.177. The molecule has 2 amide bonds. The van der Waals surface area contributed by atoms with Crippen LogP contribution >= 0.6 is 0 Å². The van der Waals surface area contributed by atoms with E-state index in [2.05, 4.69) is 20.8 Å². The summed E-state index contributed by atoms with van der Waals surface area (Å²) in [7, 11) is 0. The van der Waals surface area contributed by atoms with Crippen molar-refractivity contribution in [3.05, 3.63) is 36.2 Å². The molecule has 1 saturated heterocycles. The molecule has 1 fully saturated rings. The molecule has 1 aromatic carbocycles. The SMILES string of the molecule is O=C(NCCCN1CCCC1=O)c1ccccc1-n1cnnn1. The third-order valence-corrected chi connectivity index (χ3v) is 3.81. The van der Waals surface area contributed by atoms with Crippen LogP contribution in [0.2, 0.25) is 0 Å². The van der Waals surface area contributed by atoms with Crippen LogP contribution in [0.15, 0.2) is 30.6 Å². The van der Waals surface area contributed by atoms with Gasteiger partial charge >= 0.3 is 0 Å². The number of benzene rings is 1. The fourth-order valence-electron chi connectivity index (χ4n) is 2.64. The summed E-state index contributed by atoms with van der Waals surface area (Å²) in [6.45, 7) is 2.04. The maximum atomic E-state index is 12.3. The number of hydrogen-bond donors (Lipinski definition) is 1. The van der Waals surface area contributed by atoms with Crippen molar-refractivity contribution < 1.29 is 9.59 Å². The molecule has 0 bridgehead atoms. The Morgan fingerprint density at radius 2 is 2.17 bits per heavy atom. The predicted octanol–water partition coefficient (Wildman–Crippen LogP) is 0.405. The molecule has 8 nitrogen and oxygen atoms in total. The topological polar surface area (TPSA) is 93.0 Å². The Balaban J connectivity index is 1.55. The summed E-state index contributed by atoms with van der Waals surface area (Å²) in [4.78, 5) is 25.7. The summed E-state index contributed by atoms with van der Waals surface area (Å²) < 4.78 is 1.46. The zero-order valence-corrected chi connectivity index (χ0v) is 12.7. The maximum Gasteiger partial charge on any atom is 0.253 e. The summed E-state index contributed by atoms with van der Waals surface area (Å²) in [6, 6.07) is 7.14. The molecule has 3 rings (SSSR count). The highest BCUT2D eigenvalue weighted by Gasteiger charge is 2.19. The van der Waals surface area contributed by atoms with Crippen molar-refractivity contribution in [1.82, 2.24) is 30.4 Å². The predicted molar refractivity (Wildman–Crippen MR) is 81.9 cm³/mol. The lowest BCUT2D eigenvalue weighted by Crippen LogP contribution is -2.31. The lowest BCUT2D eigenvalue weighted by molar-refractivity contribution is -0.127. The van der Waals surface area contributed by atoms with Crippen molar-refractivity contribution in [3.8, 4) is 5.69 Å². The number of amides is 2. The van der Waals surface area contributed by atoms with Crippen LogP contribution in [0.4, 0.5) is 0 Å². The number of carbonyl (C=O) groups excluding carboxylic acids is 2. The maximum absolute atomic E-state index is 12.3. The molecular weight excluding hydrogens is 296 g/mol. The summed E-state index contributed by atoms with van der Waals surface area (Å²) in [6.07, 6.45) is 3.77. The van der Waals surface area contributed by atoms with E-state index in [-0.39, 0.29) is 11.8 Å². The quantitative estimate of drug-likeness (QED) is 0.779. The first-order valence-corrected chi connectivity index (χ1v) is 7.64. The zero-order chi connectivity index (χ0) is 16.1. The van der Waals surface area contributed by atoms with Crippen molar-refractivity contribution in [2.75, 3.05) is 19.6 Å². The molecule has 0 unspecified atom stereocenters. The fourth-order valence-corrected chi connectivity index (χ4v) is 2.64. The normalized spacial score (nSPS) is 14.3. The third kappa shape index (κ3) is 3.53. The van der Waals surface area contributed by atoms with Gasteiger partial charge in [-0.25, -0.2) is 0 Å². The van der Waals surface area contributed by atoms with E-state index in [0.29, 0.717) is 30.8 Å². The van der Waals surface area contributed by atoms with Crippen LogP contribution in [0, 0.1) is 0 Å². The second kappa shape index (κ2) is 6.99. The van der Waals surface area contributed by atoms with E-state index < -0.39 is 0 Å². The van der Waals surface area contributed by atoms with Gasteiger partial charge in [0.05, 0.1) is 11.3 Å². The third-order valence-electron chi connectivity index (χ3n) is 3.81. The average molecular weight is 314 g/mol. The Morgan fingerprint density at radius 3 is 2.91 bits per heavy atom. The molecule has 1 N–H and O–H groups in total. The first kappa shape index (κ1) is 15.1. The number of likely N-dealkylation sites (tertiary alicyclic amines) is 1. The molecule has 1 aromatic heterocycles. The first-order chi connectivity index (χ1) is 11.3. The molecule has 0 aliphatic carbocycles. The van der Waals surface area contributed by atoms with Crippen LogP contribution in [0.3, 0.4) is 0 Å². The minimum absolute atomic E-state index is 0.177. The molecule has 1 aliphatic rings. The molecule has 0 saturated carbocycles. The largest absolute Gasteiger partial charge is 0.352 e. The molecule has 0 radical (unpaired) electrons. The number of hydrogen-bond acceptors (Lipinski definition) is 5. The van der Waals surface area contributed by atoms with Gasteiger partial charge in [0.25, 0.3) is 5.91 Å². The lowest BCUT2D eigenvalue weighted by atomic mass is 10.1. The molecule has 2 aromatic rings. The Hall–Kier alpha value is -2.77. The fraction of sp³-hybridized carbons (Fsp3) is 0.400. The molecule has 23 heavy (non-hydrogen) atoms. The van der Waals surface area contributed by atoms with Crippen LogP contribution in [0.25, 0.3) is 5.69 Å². The van der Waals surface area contributed by atoms with Crippen LogP contribution in [-0.2, 0) is 4.79 Å². The number of rotatable bonds is 6. The van der Waals surface area contributed by atoms with E-state index >= 15 is 0 Å². The van der Waals surface area contributed by atoms with E-state index in [1.807, 2.05) is 11.0 Å². The van der Waals surface area contributed by atoms with E-state index in [4.69, 9.17) is 0 Å². The monoisotopic (exact) mass is 314 g/mol. The minimum Gasteiger partial charge on any atom is -0.352 e. The molecule has 8 heteroatoms. The van der Waals surface area contributed by atoms with Crippen molar-refractivity contribution in [1.29, 1.82) is 0 Å². The molecule has 120 valence electrons. The highest BCUT2D eigenvalue weighted by molar-refractivity contribution is 5.97. The van der Waals surface area contributed by atoms with Gasteiger partial charge in [-0.2, -0.15) is 4.68 Å². The van der Waals surface area contributed by atoms with Gasteiger partial charge in [-0.3, -0.25) is 9.59 Å². The molecule has 1 aliphatic heterocycles. The summed E-state index contributed by atoms with van der Waals surface area (Å²) in [5, 5.41) is 13.9. The molecular formula is C15H18N6O2. The van der Waals surface area contributed by atoms with Gasteiger partial charge in [0, 0.05) is 26.1 Å². The average Bonchev–Trinajstić information content (AvgIpc) is 3.23. The van der Waals surface area contributed by atoms with Gasteiger partial charge in [-0.15, -0.1) is 5.10 Å². The van der Waals surface area contributed by atoms with E-state index in [1.54, 1.807) is 18.2 Å². The van der Waals surface area contributed by atoms with Gasteiger partial charge in [0.2, 0.25) is 5.91 Å². The van der Waals surface area contributed by atoms with Crippen LogP contribution in [-0.4, -0.2) is 56.6 Å². The Bertz CT molecular complexity index is 685. The second-order valence-electron chi connectivity index (χ2n) is 5.37. The van der Waals surface area contributed by atoms with Gasteiger partial charge in [-0.05, 0) is 35.4 Å². The van der Waals surface area contributed by atoms with Crippen molar-refractivity contribution in [3.63, 3.8) is 0 Å². The highest BCUT2D eigenvalue weighted by atomic mass is 16.2. The van der Waals surface area contributed by atoms with Crippen LogP contribution in [0.1, 0.15) is 29.6 Å². The number of tetrazole rings is 1. The number of aromatic nitrogens is 4. The lowest BCUT2D eigenvalue weighted by Gasteiger charge is -2.15. The number of carbonyl (C=O) groups is 2. The van der Waals surface area contributed by atoms with Crippen LogP contribution < -0.4 is 5.32 Å². The summed E-state index contributed by atoms with van der Waals surface area (Å²) in [5.74, 6) is 0.0317. The summed E-state index contributed by atoms with van der Waals surface area (Å²) in [5.41, 5.74) is 1.14. The zero-order valence-electron chi connectivity index (χ0n) is 12.7. The Morgan fingerprint density at radius 1 is 1.30 bits per heavy atom. The van der Waals surface area contributed by atoms with Gasteiger partial charge < -0.3 is 10.2 Å². The second-order valence-corrected chi connectivity index (χ2v) is 5.37. The van der Waals surface area contributed by atoms with E-state index in [1.165, 1.54) is 11.0 Å². The van der Waals surface area contributed by atoms with E-state index in [0.717, 1.165) is 19.4 Å². The Kier molecular flexibility index (Phi) is 4.60. The highest BCUT2D eigenvalue weighted by Crippen LogP contribution is 2.13. The number of nitrogens with one attached hydrogen (secondary N) is 1. The molecule has 0 atom stereocenters. The van der Waals surface area contributed by atoms with Crippen molar-refractivity contribution in [2.24, 2.45) is 0 Å². The van der Waals surface area contributed by atoms with Gasteiger partial charge in [0.15, 0.2) is 0 Å². The summed E-state index contributed by atoms with van der Waals surface area (Å²) >= 11 is 0. The molecule has 0 spiro atoms. The smallest absolute Gasteiger partial charge is 0.253 e. The molecule has 2 heterocycles. The Labute approximate surface area is 133 Å². The van der Waals surface area contributed by atoms with Gasteiger partial charge in [0.1, 0.15) is 6.33 Å².